The van der Waals surface area contributed by atoms with E-state index in [9.17, 15) is 0 Å². The van der Waals surface area contributed by atoms with Gasteiger partial charge in [0.15, 0.2) is 0 Å². The fourth-order valence-corrected chi connectivity index (χ4v) is 1.91. The van der Waals surface area contributed by atoms with Crippen LogP contribution in [0.5, 0.6) is 0 Å². The number of rotatable bonds is 3. The van der Waals surface area contributed by atoms with Crippen LogP contribution in [0.15, 0.2) is 18.3 Å². The van der Waals surface area contributed by atoms with Crippen molar-refractivity contribution in [3.8, 4) is 0 Å². The molecule has 0 atom stereocenters. The zero-order valence-electron chi connectivity index (χ0n) is 9.16. The Labute approximate surface area is 90.5 Å². The van der Waals surface area contributed by atoms with Crippen LogP contribution >= 0.6 is 0 Å². The van der Waals surface area contributed by atoms with Crippen molar-refractivity contribution >= 4 is 5.82 Å². The summed E-state index contributed by atoms with van der Waals surface area (Å²) >= 11 is 0. The molecule has 4 heteroatoms. The number of nitrogens with one attached hydrogen (secondary N) is 2. The lowest BCUT2D eigenvalue weighted by Crippen LogP contribution is -2.39. The molecule has 0 aliphatic carbocycles. The SMILES string of the molecule is CC1(CNc2cccnn2)CCNCC1. The minimum absolute atomic E-state index is 0.392. The molecule has 1 aromatic rings. The molecule has 2 rings (SSSR count). The minimum Gasteiger partial charge on any atom is -0.368 e. The van der Waals surface area contributed by atoms with Crippen molar-refractivity contribution in [3.63, 3.8) is 0 Å². The van der Waals surface area contributed by atoms with Crippen LogP contribution < -0.4 is 10.6 Å². The third-order valence-electron chi connectivity index (χ3n) is 3.08. The Balaban J connectivity index is 1.87. The highest BCUT2D eigenvalue weighted by Crippen LogP contribution is 2.27. The van der Waals surface area contributed by atoms with Crippen molar-refractivity contribution in [2.75, 3.05) is 25.0 Å². The van der Waals surface area contributed by atoms with Gasteiger partial charge >= 0.3 is 0 Å². The first kappa shape index (κ1) is 10.4. The highest BCUT2D eigenvalue weighted by molar-refractivity contribution is 5.31. The highest BCUT2D eigenvalue weighted by Gasteiger charge is 2.26. The molecule has 4 nitrogen and oxygen atoms in total. The van der Waals surface area contributed by atoms with E-state index in [1.807, 2.05) is 12.1 Å². The van der Waals surface area contributed by atoms with Gasteiger partial charge in [-0.3, -0.25) is 0 Å². The summed E-state index contributed by atoms with van der Waals surface area (Å²) in [7, 11) is 0. The van der Waals surface area contributed by atoms with E-state index >= 15 is 0 Å². The molecule has 0 saturated carbocycles. The van der Waals surface area contributed by atoms with Gasteiger partial charge in [0.25, 0.3) is 0 Å². The molecule has 1 saturated heterocycles. The maximum atomic E-state index is 4.02. The fourth-order valence-electron chi connectivity index (χ4n) is 1.91. The number of hydrogen-bond acceptors (Lipinski definition) is 4. The molecule has 1 aromatic heterocycles. The Kier molecular flexibility index (Phi) is 3.16. The van der Waals surface area contributed by atoms with Gasteiger partial charge in [0, 0.05) is 12.7 Å². The van der Waals surface area contributed by atoms with Crippen molar-refractivity contribution in [1.82, 2.24) is 15.5 Å². The fraction of sp³-hybridized carbons (Fsp3) is 0.636. The molecule has 0 spiro atoms. The van der Waals surface area contributed by atoms with Crippen LogP contribution in [0.1, 0.15) is 19.8 Å². The molecule has 2 N–H and O–H groups in total. The Morgan fingerprint density at radius 2 is 2.27 bits per heavy atom. The molecule has 0 unspecified atom stereocenters. The lowest BCUT2D eigenvalue weighted by atomic mass is 9.81. The molecule has 2 heterocycles. The molecule has 1 fully saturated rings. The first-order valence-electron chi connectivity index (χ1n) is 5.51. The molecular formula is C11H18N4. The van der Waals surface area contributed by atoms with E-state index < -0.39 is 0 Å². The lowest BCUT2D eigenvalue weighted by molar-refractivity contribution is 0.247. The first-order valence-corrected chi connectivity index (χ1v) is 5.51. The van der Waals surface area contributed by atoms with Gasteiger partial charge in [-0.25, -0.2) is 0 Å². The smallest absolute Gasteiger partial charge is 0.148 e. The summed E-state index contributed by atoms with van der Waals surface area (Å²) in [6, 6.07) is 3.86. The van der Waals surface area contributed by atoms with Crippen molar-refractivity contribution in [2.45, 2.75) is 19.8 Å². The van der Waals surface area contributed by atoms with Crippen LogP contribution in [-0.2, 0) is 0 Å². The topological polar surface area (TPSA) is 49.8 Å². The molecular weight excluding hydrogens is 188 g/mol. The second-order valence-corrected chi connectivity index (χ2v) is 4.52. The predicted molar refractivity (Wildman–Crippen MR) is 60.7 cm³/mol. The maximum Gasteiger partial charge on any atom is 0.148 e. The zero-order valence-corrected chi connectivity index (χ0v) is 9.16. The summed E-state index contributed by atoms with van der Waals surface area (Å²) in [5.41, 5.74) is 0.392. The quantitative estimate of drug-likeness (QED) is 0.782. The van der Waals surface area contributed by atoms with E-state index in [1.165, 1.54) is 12.8 Å². The van der Waals surface area contributed by atoms with Crippen LogP contribution in [-0.4, -0.2) is 29.8 Å². The summed E-state index contributed by atoms with van der Waals surface area (Å²) in [6.45, 7) is 5.56. The summed E-state index contributed by atoms with van der Waals surface area (Å²) in [5.74, 6) is 0.872. The summed E-state index contributed by atoms with van der Waals surface area (Å²) < 4.78 is 0. The van der Waals surface area contributed by atoms with Gasteiger partial charge in [0.2, 0.25) is 0 Å². The van der Waals surface area contributed by atoms with Crippen LogP contribution in [0, 0.1) is 5.41 Å². The largest absolute Gasteiger partial charge is 0.368 e. The molecule has 0 bridgehead atoms. The minimum atomic E-state index is 0.392. The number of nitrogens with zero attached hydrogens (tertiary/aromatic N) is 2. The monoisotopic (exact) mass is 206 g/mol. The molecule has 0 amide bonds. The second kappa shape index (κ2) is 4.57. The first-order chi connectivity index (χ1) is 7.29. The average molecular weight is 206 g/mol. The maximum absolute atomic E-state index is 4.02. The van der Waals surface area contributed by atoms with Gasteiger partial charge < -0.3 is 10.6 Å². The molecule has 0 radical (unpaired) electrons. The highest BCUT2D eigenvalue weighted by atomic mass is 15.2. The lowest BCUT2D eigenvalue weighted by Gasteiger charge is -2.34. The van der Waals surface area contributed by atoms with Crippen molar-refractivity contribution in [3.05, 3.63) is 18.3 Å². The van der Waals surface area contributed by atoms with Gasteiger partial charge in [-0.05, 0) is 43.5 Å². The van der Waals surface area contributed by atoms with Crippen molar-refractivity contribution in [1.29, 1.82) is 0 Å². The van der Waals surface area contributed by atoms with Crippen LogP contribution in [0.4, 0.5) is 5.82 Å². The van der Waals surface area contributed by atoms with E-state index in [-0.39, 0.29) is 0 Å². The van der Waals surface area contributed by atoms with Crippen molar-refractivity contribution < 1.29 is 0 Å². The molecule has 0 aromatic carbocycles. The van der Waals surface area contributed by atoms with Crippen molar-refractivity contribution in [2.24, 2.45) is 5.41 Å². The Morgan fingerprint density at radius 3 is 2.93 bits per heavy atom. The standard InChI is InChI=1S/C11H18N4/c1-11(4-7-12-8-5-11)9-13-10-3-2-6-14-15-10/h2-3,6,12H,4-5,7-9H2,1H3,(H,13,15). The normalized spacial score (nSPS) is 19.8. The average Bonchev–Trinajstić information content (AvgIpc) is 2.29. The van der Waals surface area contributed by atoms with Gasteiger partial charge in [-0.15, -0.1) is 5.10 Å². The van der Waals surface area contributed by atoms with Gasteiger partial charge in [-0.1, -0.05) is 6.92 Å². The molecule has 82 valence electrons. The van der Waals surface area contributed by atoms with E-state index in [1.54, 1.807) is 6.20 Å². The number of aromatic nitrogens is 2. The number of hydrogen-bond donors (Lipinski definition) is 2. The molecule has 1 aliphatic rings. The number of piperidine rings is 1. The van der Waals surface area contributed by atoms with Gasteiger partial charge in [0.05, 0.1) is 0 Å². The third kappa shape index (κ3) is 2.89. The van der Waals surface area contributed by atoms with E-state index in [0.29, 0.717) is 5.41 Å². The zero-order chi connectivity index (χ0) is 10.6. The summed E-state index contributed by atoms with van der Waals surface area (Å²) in [4.78, 5) is 0. The van der Waals surface area contributed by atoms with Crippen LogP contribution in [0.25, 0.3) is 0 Å². The van der Waals surface area contributed by atoms with Crippen LogP contribution in [0.3, 0.4) is 0 Å². The summed E-state index contributed by atoms with van der Waals surface area (Å²) in [6.07, 6.45) is 4.14. The second-order valence-electron chi connectivity index (χ2n) is 4.52. The van der Waals surface area contributed by atoms with Gasteiger partial charge in [0.1, 0.15) is 5.82 Å². The predicted octanol–water partition coefficient (Wildman–Crippen LogP) is 1.28. The van der Waals surface area contributed by atoms with E-state index in [0.717, 1.165) is 25.5 Å². The van der Waals surface area contributed by atoms with Gasteiger partial charge in [-0.2, -0.15) is 5.10 Å². The third-order valence-corrected chi connectivity index (χ3v) is 3.08. The van der Waals surface area contributed by atoms with E-state index in [2.05, 4.69) is 27.8 Å². The Hall–Kier alpha value is -1.16. The van der Waals surface area contributed by atoms with Crippen LogP contribution in [0.2, 0.25) is 0 Å². The number of anilines is 1. The Morgan fingerprint density at radius 1 is 1.47 bits per heavy atom. The molecule has 1 aliphatic heterocycles. The Bertz CT molecular complexity index is 293. The summed E-state index contributed by atoms with van der Waals surface area (Å²) in [5, 5.41) is 14.6. The van der Waals surface area contributed by atoms with E-state index in [4.69, 9.17) is 0 Å². The molecule has 15 heavy (non-hydrogen) atoms.